The third-order valence-corrected chi connectivity index (χ3v) is 5.13. The number of hydrogen-bond donors (Lipinski definition) is 2. The van der Waals surface area contributed by atoms with Crippen molar-refractivity contribution in [1.82, 2.24) is 20.4 Å². The lowest BCUT2D eigenvalue weighted by Crippen LogP contribution is -2.55. The average Bonchev–Trinajstić information content (AvgIpc) is 2.69. The summed E-state index contributed by atoms with van der Waals surface area (Å²) in [6.07, 6.45) is 0. The minimum Gasteiger partial charge on any atom is -0.490 e. The van der Waals surface area contributed by atoms with Crippen LogP contribution in [-0.2, 0) is 0 Å². The minimum atomic E-state index is 0.0906. The van der Waals surface area contributed by atoms with Crippen LogP contribution in [-0.4, -0.2) is 82.3 Å². The molecule has 2 N–H and O–H groups in total. The number of guanidine groups is 1. The molecule has 1 aromatic carbocycles. The molecule has 0 bridgehead atoms. The van der Waals surface area contributed by atoms with E-state index in [0.29, 0.717) is 19.3 Å². The summed E-state index contributed by atoms with van der Waals surface area (Å²) in [5.74, 6) is 2.37. The average molecular weight is 392 g/mol. The highest BCUT2D eigenvalue weighted by molar-refractivity contribution is 5.80. The second-order valence-electron chi connectivity index (χ2n) is 7.29. The fourth-order valence-electron chi connectivity index (χ4n) is 3.36. The van der Waals surface area contributed by atoms with Gasteiger partial charge >= 0.3 is 0 Å². The van der Waals surface area contributed by atoms with Gasteiger partial charge in [-0.2, -0.15) is 0 Å². The van der Waals surface area contributed by atoms with Crippen molar-refractivity contribution in [1.29, 1.82) is 0 Å². The monoisotopic (exact) mass is 391 g/mol. The molecular formula is C21H37N5O2. The van der Waals surface area contributed by atoms with Crippen LogP contribution in [0, 0.1) is 0 Å². The second kappa shape index (κ2) is 11.1. The largest absolute Gasteiger partial charge is 0.490 e. The highest BCUT2D eigenvalue weighted by Gasteiger charge is 2.22. The fraction of sp³-hybridized carbons (Fsp3) is 0.667. The zero-order chi connectivity index (χ0) is 20.5. The molecule has 7 heteroatoms. The van der Waals surface area contributed by atoms with Crippen LogP contribution in [0.2, 0.25) is 0 Å². The first-order chi connectivity index (χ1) is 13.5. The Morgan fingerprint density at radius 3 is 2.57 bits per heavy atom. The van der Waals surface area contributed by atoms with Gasteiger partial charge in [-0.25, -0.2) is 0 Å². The van der Waals surface area contributed by atoms with Crippen molar-refractivity contribution < 1.29 is 9.47 Å². The number of piperazine rings is 1. The highest BCUT2D eigenvalue weighted by Crippen LogP contribution is 2.30. The zero-order valence-electron chi connectivity index (χ0n) is 18.3. The standard InChI is InChI=1S/C21H37N5O2/c1-7-27-19-10-9-17(13-20(19)28-8-2)16(3)24-21(22-4)23-14-18-15-25(5)11-12-26(18)6/h9-10,13,16,18H,7-8,11-12,14-15H2,1-6H3,(H2,22,23,24). The molecule has 0 radical (unpaired) electrons. The predicted molar refractivity (Wildman–Crippen MR) is 116 cm³/mol. The Kier molecular flexibility index (Phi) is 8.86. The maximum Gasteiger partial charge on any atom is 0.191 e. The van der Waals surface area contributed by atoms with Crippen LogP contribution in [0.4, 0.5) is 0 Å². The van der Waals surface area contributed by atoms with Gasteiger partial charge in [0.1, 0.15) is 0 Å². The quantitative estimate of drug-likeness (QED) is 0.522. The van der Waals surface area contributed by atoms with Gasteiger partial charge in [-0.05, 0) is 52.6 Å². The molecular weight excluding hydrogens is 354 g/mol. The molecule has 7 nitrogen and oxygen atoms in total. The van der Waals surface area contributed by atoms with E-state index in [-0.39, 0.29) is 6.04 Å². The summed E-state index contributed by atoms with van der Waals surface area (Å²) < 4.78 is 11.4. The third-order valence-electron chi connectivity index (χ3n) is 5.13. The summed E-state index contributed by atoms with van der Waals surface area (Å²) >= 11 is 0. The van der Waals surface area contributed by atoms with Crippen LogP contribution in [0.5, 0.6) is 11.5 Å². The molecule has 2 atom stereocenters. The first-order valence-electron chi connectivity index (χ1n) is 10.2. The van der Waals surface area contributed by atoms with E-state index < -0.39 is 0 Å². The Morgan fingerprint density at radius 2 is 1.89 bits per heavy atom. The van der Waals surface area contributed by atoms with Crippen LogP contribution in [0.1, 0.15) is 32.4 Å². The molecule has 1 aromatic rings. The Morgan fingerprint density at radius 1 is 1.18 bits per heavy atom. The number of nitrogens with zero attached hydrogens (tertiary/aromatic N) is 3. The van der Waals surface area contributed by atoms with E-state index in [1.165, 1.54) is 0 Å². The van der Waals surface area contributed by atoms with Crippen molar-refractivity contribution in [3.05, 3.63) is 23.8 Å². The van der Waals surface area contributed by atoms with Crippen LogP contribution < -0.4 is 20.1 Å². The molecule has 2 unspecified atom stereocenters. The molecule has 0 aliphatic carbocycles. The highest BCUT2D eigenvalue weighted by atomic mass is 16.5. The summed E-state index contributed by atoms with van der Waals surface area (Å²) in [5.41, 5.74) is 1.13. The molecule has 0 aromatic heterocycles. The number of benzene rings is 1. The molecule has 28 heavy (non-hydrogen) atoms. The topological polar surface area (TPSA) is 61.4 Å². The van der Waals surface area contributed by atoms with Crippen LogP contribution in [0.3, 0.4) is 0 Å². The van der Waals surface area contributed by atoms with E-state index in [9.17, 15) is 0 Å². The molecule has 158 valence electrons. The van der Waals surface area contributed by atoms with Gasteiger partial charge in [0.15, 0.2) is 17.5 Å². The fourth-order valence-corrected chi connectivity index (χ4v) is 3.36. The Bertz CT molecular complexity index is 637. The Balaban J connectivity index is 1.97. The lowest BCUT2D eigenvalue weighted by molar-refractivity contribution is 0.116. The van der Waals surface area contributed by atoms with Crippen molar-refractivity contribution in [2.45, 2.75) is 32.9 Å². The van der Waals surface area contributed by atoms with Crippen molar-refractivity contribution in [2.24, 2.45) is 4.99 Å². The van der Waals surface area contributed by atoms with Gasteiger partial charge in [-0.15, -0.1) is 0 Å². The van der Waals surface area contributed by atoms with Crippen molar-refractivity contribution in [3.63, 3.8) is 0 Å². The second-order valence-corrected chi connectivity index (χ2v) is 7.29. The van der Waals surface area contributed by atoms with E-state index in [1.54, 1.807) is 0 Å². The van der Waals surface area contributed by atoms with Crippen LogP contribution in [0.15, 0.2) is 23.2 Å². The van der Waals surface area contributed by atoms with Crippen LogP contribution >= 0.6 is 0 Å². The summed E-state index contributed by atoms with van der Waals surface area (Å²) in [4.78, 5) is 9.18. The lowest BCUT2D eigenvalue weighted by Gasteiger charge is -2.38. The van der Waals surface area contributed by atoms with Gasteiger partial charge in [-0.1, -0.05) is 6.07 Å². The molecule has 1 aliphatic heterocycles. The summed E-state index contributed by atoms with van der Waals surface area (Å²) in [7, 11) is 6.17. The van der Waals surface area contributed by atoms with Crippen molar-refractivity contribution >= 4 is 5.96 Å². The number of nitrogens with one attached hydrogen (secondary N) is 2. The van der Waals surface area contributed by atoms with E-state index in [1.807, 2.05) is 33.0 Å². The molecule has 1 fully saturated rings. The molecule has 1 heterocycles. The third kappa shape index (κ3) is 6.27. The molecule has 0 saturated carbocycles. The van der Waals surface area contributed by atoms with E-state index in [0.717, 1.165) is 49.2 Å². The Labute approximate surface area is 170 Å². The lowest BCUT2D eigenvalue weighted by atomic mass is 10.1. The van der Waals surface area contributed by atoms with Crippen molar-refractivity contribution in [3.8, 4) is 11.5 Å². The van der Waals surface area contributed by atoms with E-state index >= 15 is 0 Å². The smallest absolute Gasteiger partial charge is 0.191 e. The van der Waals surface area contributed by atoms with Gasteiger partial charge in [-0.3, -0.25) is 9.89 Å². The molecule has 0 spiro atoms. The molecule has 1 saturated heterocycles. The Hall–Kier alpha value is -1.99. The van der Waals surface area contributed by atoms with Gasteiger partial charge in [0, 0.05) is 39.3 Å². The predicted octanol–water partition coefficient (Wildman–Crippen LogP) is 1.96. The number of likely N-dealkylation sites (N-methyl/N-ethyl adjacent to an activating group) is 2. The van der Waals surface area contributed by atoms with Crippen LogP contribution in [0.25, 0.3) is 0 Å². The maximum absolute atomic E-state index is 5.75. The van der Waals surface area contributed by atoms with E-state index in [2.05, 4.69) is 52.5 Å². The number of hydrogen-bond acceptors (Lipinski definition) is 5. The first-order valence-corrected chi connectivity index (χ1v) is 10.2. The SMILES string of the molecule is CCOc1ccc(C(C)NC(=NC)NCC2CN(C)CCN2C)cc1OCC. The number of rotatable bonds is 8. The maximum atomic E-state index is 5.75. The van der Waals surface area contributed by atoms with Gasteiger partial charge in [0.05, 0.1) is 19.3 Å². The molecule has 2 rings (SSSR count). The summed E-state index contributed by atoms with van der Waals surface area (Å²) in [5, 5.41) is 6.96. The van der Waals surface area contributed by atoms with Gasteiger partial charge in [0.25, 0.3) is 0 Å². The number of ether oxygens (including phenoxy) is 2. The molecule has 0 amide bonds. The zero-order valence-corrected chi connectivity index (χ0v) is 18.3. The van der Waals surface area contributed by atoms with Crippen molar-refractivity contribution in [2.75, 3.05) is 60.5 Å². The molecule has 1 aliphatic rings. The summed E-state index contributed by atoms with van der Waals surface area (Å²) in [6, 6.07) is 6.66. The van der Waals surface area contributed by atoms with E-state index in [4.69, 9.17) is 9.47 Å². The van der Waals surface area contributed by atoms with Gasteiger partial charge < -0.3 is 25.0 Å². The van der Waals surface area contributed by atoms with Gasteiger partial charge in [0.2, 0.25) is 0 Å². The minimum absolute atomic E-state index is 0.0906. The normalized spacial score (nSPS) is 19.9. The number of aliphatic imine (C=N–C) groups is 1. The first kappa shape index (κ1) is 22.3. The summed E-state index contributed by atoms with van der Waals surface area (Å²) in [6.45, 7) is 11.5.